The standard InChI is InChI=1S/C14H17FN2O/c1-9(2)16-7-11-8-18-14(17-11)12-6-10(3)4-5-13(12)15/h4-6,8-9,16H,7H2,1-3H3. The molecule has 0 fully saturated rings. The van der Waals surface area contributed by atoms with Gasteiger partial charge in [0.05, 0.1) is 11.3 Å². The van der Waals surface area contributed by atoms with E-state index >= 15 is 0 Å². The Morgan fingerprint density at radius 2 is 2.17 bits per heavy atom. The lowest BCUT2D eigenvalue weighted by Gasteiger charge is -2.04. The number of hydrogen-bond donors (Lipinski definition) is 1. The van der Waals surface area contributed by atoms with Crippen molar-refractivity contribution in [2.24, 2.45) is 0 Å². The number of benzene rings is 1. The number of nitrogens with zero attached hydrogens (tertiary/aromatic N) is 1. The Balaban J connectivity index is 2.21. The summed E-state index contributed by atoms with van der Waals surface area (Å²) in [5.41, 5.74) is 2.16. The van der Waals surface area contributed by atoms with Gasteiger partial charge in [0.15, 0.2) is 0 Å². The maximum absolute atomic E-state index is 13.7. The molecular formula is C14H17FN2O. The quantitative estimate of drug-likeness (QED) is 0.902. The summed E-state index contributed by atoms with van der Waals surface area (Å²) in [6, 6.07) is 5.27. The van der Waals surface area contributed by atoms with E-state index in [0.29, 0.717) is 24.0 Å². The van der Waals surface area contributed by atoms with Gasteiger partial charge in [-0.25, -0.2) is 9.37 Å². The minimum Gasteiger partial charge on any atom is -0.444 e. The summed E-state index contributed by atoms with van der Waals surface area (Å²) in [6.45, 7) is 6.64. The van der Waals surface area contributed by atoms with Gasteiger partial charge in [-0.1, -0.05) is 25.5 Å². The topological polar surface area (TPSA) is 38.1 Å². The van der Waals surface area contributed by atoms with Crippen LogP contribution < -0.4 is 5.32 Å². The summed E-state index contributed by atoms with van der Waals surface area (Å²) in [5, 5.41) is 3.24. The second kappa shape index (κ2) is 5.31. The summed E-state index contributed by atoms with van der Waals surface area (Å²) in [6.07, 6.45) is 1.56. The zero-order valence-corrected chi connectivity index (χ0v) is 10.8. The first-order valence-electron chi connectivity index (χ1n) is 6.00. The molecule has 0 saturated carbocycles. The molecule has 0 spiro atoms. The molecule has 0 saturated heterocycles. The van der Waals surface area contributed by atoms with Gasteiger partial charge in [-0.05, 0) is 19.1 Å². The van der Waals surface area contributed by atoms with Gasteiger partial charge in [-0.2, -0.15) is 0 Å². The van der Waals surface area contributed by atoms with Crippen LogP contribution in [-0.2, 0) is 6.54 Å². The van der Waals surface area contributed by atoms with Gasteiger partial charge in [0.2, 0.25) is 5.89 Å². The highest BCUT2D eigenvalue weighted by Gasteiger charge is 2.11. The highest BCUT2D eigenvalue weighted by atomic mass is 19.1. The van der Waals surface area contributed by atoms with Crippen molar-refractivity contribution in [3.8, 4) is 11.5 Å². The zero-order valence-electron chi connectivity index (χ0n) is 10.8. The predicted octanol–water partition coefficient (Wildman–Crippen LogP) is 3.29. The SMILES string of the molecule is Cc1ccc(F)c(-c2nc(CNC(C)C)co2)c1. The van der Waals surface area contributed by atoms with E-state index in [1.807, 2.05) is 6.92 Å². The molecule has 1 aromatic heterocycles. The van der Waals surface area contributed by atoms with E-state index in [0.717, 1.165) is 11.3 Å². The lowest BCUT2D eigenvalue weighted by atomic mass is 10.1. The van der Waals surface area contributed by atoms with Crippen LogP contribution in [0.3, 0.4) is 0 Å². The van der Waals surface area contributed by atoms with Gasteiger partial charge in [0.25, 0.3) is 0 Å². The number of aryl methyl sites for hydroxylation is 1. The maximum Gasteiger partial charge on any atom is 0.229 e. The number of aromatic nitrogens is 1. The van der Waals surface area contributed by atoms with Crippen LogP contribution in [0.5, 0.6) is 0 Å². The summed E-state index contributed by atoms with van der Waals surface area (Å²) >= 11 is 0. The first-order valence-corrected chi connectivity index (χ1v) is 6.00. The molecule has 0 amide bonds. The number of oxazole rings is 1. The van der Waals surface area contributed by atoms with Gasteiger partial charge in [-0.3, -0.25) is 0 Å². The van der Waals surface area contributed by atoms with Gasteiger partial charge in [0, 0.05) is 12.6 Å². The van der Waals surface area contributed by atoms with Crippen LogP contribution in [0.4, 0.5) is 4.39 Å². The van der Waals surface area contributed by atoms with Gasteiger partial charge < -0.3 is 9.73 Å². The number of rotatable bonds is 4. The molecule has 1 heterocycles. The fourth-order valence-electron chi connectivity index (χ4n) is 1.62. The van der Waals surface area contributed by atoms with E-state index in [-0.39, 0.29) is 5.82 Å². The van der Waals surface area contributed by atoms with E-state index in [1.165, 1.54) is 6.07 Å². The Labute approximate surface area is 106 Å². The van der Waals surface area contributed by atoms with E-state index in [2.05, 4.69) is 24.1 Å². The second-order valence-electron chi connectivity index (χ2n) is 4.66. The monoisotopic (exact) mass is 248 g/mol. The van der Waals surface area contributed by atoms with Gasteiger partial charge >= 0.3 is 0 Å². The molecule has 0 aliphatic carbocycles. The molecule has 0 radical (unpaired) electrons. The third-order valence-corrected chi connectivity index (χ3v) is 2.60. The maximum atomic E-state index is 13.7. The third kappa shape index (κ3) is 2.96. The lowest BCUT2D eigenvalue weighted by molar-refractivity contribution is 0.553. The van der Waals surface area contributed by atoms with Crippen LogP contribution in [0.1, 0.15) is 25.1 Å². The second-order valence-corrected chi connectivity index (χ2v) is 4.66. The Bertz CT molecular complexity index is 534. The van der Waals surface area contributed by atoms with E-state index in [9.17, 15) is 4.39 Å². The Kier molecular flexibility index (Phi) is 3.77. The predicted molar refractivity (Wildman–Crippen MR) is 68.6 cm³/mol. The van der Waals surface area contributed by atoms with Crippen molar-refractivity contribution in [2.75, 3.05) is 0 Å². The molecule has 18 heavy (non-hydrogen) atoms. The number of nitrogens with one attached hydrogen (secondary N) is 1. The Morgan fingerprint density at radius 1 is 1.39 bits per heavy atom. The fourth-order valence-corrected chi connectivity index (χ4v) is 1.62. The van der Waals surface area contributed by atoms with Crippen molar-refractivity contribution < 1.29 is 8.81 Å². The van der Waals surface area contributed by atoms with Crippen molar-refractivity contribution >= 4 is 0 Å². The van der Waals surface area contributed by atoms with E-state index in [1.54, 1.807) is 18.4 Å². The summed E-state index contributed by atoms with van der Waals surface area (Å²) in [4.78, 5) is 4.29. The van der Waals surface area contributed by atoms with Gasteiger partial charge in [0.1, 0.15) is 12.1 Å². The van der Waals surface area contributed by atoms with Crippen LogP contribution in [0.2, 0.25) is 0 Å². The van der Waals surface area contributed by atoms with Crippen LogP contribution in [-0.4, -0.2) is 11.0 Å². The third-order valence-electron chi connectivity index (χ3n) is 2.60. The molecule has 1 aromatic carbocycles. The molecule has 0 aliphatic heterocycles. The van der Waals surface area contributed by atoms with Crippen molar-refractivity contribution in [3.05, 3.63) is 41.5 Å². The minimum atomic E-state index is -0.314. The summed E-state index contributed by atoms with van der Waals surface area (Å²) < 4.78 is 19.0. The smallest absolute Gasteiger partial charge is 0.229 e. The van der Waals surface area contributed by atoms with Crippen molar-refractivity contribution in [1.82, 2.24) is 10.3 Å². The molecule has 96 valence electrons. The summed E-state index contributed by atoms with van der Waals surface area (Å²) in [5.74, 6) is 0.0163. The Hall–Kier alpha value is -1.68. The molecule has 0 unspecified atom stereocenters. The zero-order chi connectivity index (χ0) is 13.1. The molecular weight excluding hydrogens is 231 g/mol. The number of hydrogen-bond acceptors (Lipinski definition) is 3. The molecule has 4 heteroatoms. The molecule has 0 aliphatic rings. The highest BCUT2D eigenvalue weighted by Crippen LogP contribution is 2.23. The fraction of sp³-hybridized carbons (Fsp3) is 0.357. The molecule has 2 rings (SSSR count). The highest BCUT2D eigenvalue weighted by molar-refractivity contribution is 5.55. The molecule has 1 N–H and O–H groups in total. The Morgan fingerprint density at radius 3 is 2.89 bits per heavy atom. The average Bonchev–Trinajstić information content (AvgIpc) is 2.78. The average molecular weight is 248 g/mol. The first kappa shape index (κ1) is 12.8. The molecule has 0 bridgehead atoms. The minimum absolute atomic E-state index is 0.314. The van der Waals surface area contributed by atoms with Crippen LogP contribution in [0.25, 0.3) is 11.5 Å². The van der Waals surface area contributed by atoms with Crippen LogP contribution >= 0.6 is 0 Å². The molecule has 3 nitrogen and oxygen atoms in total. The van der Waals surface area contributed by atoms with Crippen LogP contribution in [0, 0.1) is 12.7 Å². The molecule has 2 aromatic rings. The van der Waals surface area contributed by atoms with Crippen molar-refractivity contribution in [3.63, 3.8) is 0 Å². The normalized spacial score (nSPS) is 11.2. The van der Waals surface area contributed by atoms with E-state index < -0.39 is 0 Å². The van der Waals surface area contributed by atoms with Gasteiger partial charge in [-0.15, -0.1) is 0 Å². The van der Waals surface area contributed by atoms with E-state index in [4.69, 9.17) is 4.42 Å². The lowest BCUT2D eigenvalue weighted by Crippen LogP contribution is -2.21. The molecule has 0 atom stereocenters. The largest absolute Gasteiger partial charge is 0.444 e. The van der Waals surface area contributed by atoms with Crippen molar-refractivity contribution in [1.29, 1.82) is 0 Å². The first-order chi connectivity index (χ1) is 8.56. The summed E-state index contributed by atoms with van der Waals surface area (Å²) in [7, 11) is 0. The van der Waals surface area contributed by atoms with Crippen LogP contribution in [0.15, 0.2) is 28.9 Å². The van der Waals surface area contributed by atoms with Crippen molar-refractivity contribution in [2.45, 2.75) is 33.4 Å². The number of halogens is 1.